The van der Waals surface area contributed by atoms with Gasteiger partial charge in [0.2, 0.25) is 0 Å². The number of nitrogens with zero attached hydrogens (tertiary/aromatic N) is 5. The molecule has 154 valence electrons. The molecule has 0 radical (unpaired) electrons. The Bertz CT molecular complexity index is 1590. The Morgan fingerprint density at radius 2 is 1.97 bits per heavy atom. The van der Waals surface area contributed by atoms with Crippen LogP contribution in [0.15, 0.2) is 55.0 Å². The minimum Gasteiger partial charge on any atom is -0.339 e. The van der Waals surface area contributed by atoms with Crippen LogP contribution in [0.2, 0.25) is 5.02 Å². The predicted octanol–water partition coefficient (Wildman–Crippen LogP) is 5.53. The Morgan fingerprint density at radius 1 is 1.06 bits per heavy atom. The largest absolute Gasteiger partial charge is 0.339 e. The Labute approximate surface area is 186 Å². The van der Waals surface area contributed by atoms with Gasteiger partial charge in [-0.1, -0.05) is 17.7 Å². The normalized spacial score (nSPS) is 13.0. The van der Waals surface area contributed by atoms with E-state index in [-0.39, 0.29) is 5.02 Å². The third kappa shape index (κ3) is 2.81. The topological polar surface area (TPSA) is 81.5 Å². The Kier molecular flexibility index (Phi) is 4.10. The number of anilines is 2. The molecular weight excluding hydrogens is 427 g/mol. The third-order valence-corrected chi connectivity index (χ3v) is 6.16. The molecule has 4 heterocycles. The lowest BCUT2D eigenvalue weighted by molar-refractivity contribution is 0.627. The Balaban J connectivity index is 1.57. The van der Waals surface area contributed by atoms with E-state index >= 15 is 0 Å². The smallest absolute Gasteiger partial charge is 0.155 e. The average Bonchev–Trinajstić information content (AvgIpc) is 3.44. The minimum atomic E-state index is -0.434. The number of nitrogens with one attached hydrogen (secondary N) is 1. The van der Waals surface area contributed by atoms with Gasteiger partial charge in [0.25, 0.3) is 0 Å². The summed E-state index contributed by atoms with van der Waals surface area (Å²) < 4.78 is 14.0. The third-order valence-electron chi connectivity index (χ3n) is 5.87. The van der Waals surface area contributed by atoms with E-state index < -0.39 is 5.82 Å². The van der Waals surface area contributed by atoms with E-state index in [1.54, 1.807) is 24.7 Å². The Morgan fingerprint density at radius 3 is 2.84 bits per heavy atom. The molecule has 0 aliphatic carbocycles. The number of halogens is 2. The highest BCUT2D eigenvalue weighted by molar-refractivity contribution is 6.31. The monoisotopic (exact) mass is 440 g/mol. The van der Waals surface area contributed by atoms with Crippen molar-refractivity contribution in [1.82, 2.24) is 20.2 Å². The summed E-state index contributed by atoms with van der Waals surface area (Å²) in [6, 6.07) is 13.3. The molecule has 1 aliphatic rings. The van der Waals surface area contributed by atoms with Gasteiger partial charge in [-0.25, -0.2) is 9.37 Å². The highest BCUT2D eigenvalue weighted by atomic mass is 35.5. The van der Waals surface area contributed by atoms with Gasteiger partial charge < -0.3 is 4.90 Å². The van der Waals surface area contributed by atoms with E-state index in [0.717, 1.165) is 50.0 Å². The first-order chi connectivity index (χ1) is 15.6. The minimum absolute atomic E-state index is 0.0627. The van der Waals surface area contributed by atoms with Crippen molar-refractivity contribution < 1.29 is 4.39 Å². The molecule has 32 heavy (non-hydrogen) atoms. The molecule has 0 unspecified atom stereocenters. The number of hydrogen-bond acceptors (Lipinski definition) is 5. The van der Waals surface area contributed by atoms with E-state index in [4.69, 9.17) is 11.6 Å². The van der Waals surface area contributed by atoms with Crippen LogP contribution in [0, 0.1) is 17.1 Å². The van der Waals surface area contributed by atoms with Crippen LogP contribution in [0.25, 0.3) is 33.1 Å². The first-order valence-corrected chi connectivity index (χ1v) is 10.4. The zero-order valence-corrected chi connectivity index (χ0v) is 17.4. The second kappa shape index (κ2) is 7.01. The fraction of sp³-hybridized carbons (Fsp3) is 0.0833. The van der Waals surface area contributed by atoms with Crippen molar-refractivity contribution in [3.8, 4) is 17.2 Å². The van der Waals surface area contributed by atoms with Gasteiger partial charge in [0.1, 0.15) is 11.9 Å². The van der Waals surface area contributed by atoms with E-state index in [1.165, 1.54) is 6.07 Å². The van der Waals surface area contributed by atoms with Crippen molar-refractivity contribution in [2.75, 3.05) is 11.4 Å². The van der Waals surface area contributed by atoms with Gasteiger partial charge in [0.15, 0.2) is 5.65 Å². The summed E-state index contributed by atoms with van der Waals surface area (Å²) in [5.74, 6) is -0.434. The van der Waals surface area contributed by atoms with Crippen molar-refractivity contribution >= 4 is 44.9 Å². The van der Waals surface area contributed by atoms with E-state index in [0.29, 0.717) is 18.5 Å². The molecule has 0 amide bonds. The summed E-state index contributed by atoms with van der Waals surface area (Å²) in [4.78, 5) is 10.9. The number of nitriles is 1. The molecule has 0 saturated heterocycles. The number of aromatic amines is 1. The van der Waals surface area contributed by atoms with Crippen molar-refractivity contribution in [1.29, 1.82) is 5.26 Å². The lowest BCUT2D eigenvalue weighted by atomic mass is 10.0. The molecule has 0 spiro atoms. The number of fused-ring (bicyclic) bond motifs is 3. The molecule has 0 bridgehead atoms. The molecule has 1 aliphatic heterocycles. The maximum absolute atomic E-state index is 14.0. The number of rotatable bonds is 2. The maximum atomic E-state index is 14.0. The van der Waals surface area contributed by atoms with Gasteiger partial charge in [-0.15, -0.1) is 0 Å². The molecule has 8 heteroatoms. The van der Waals surface area contributed by atoms with E-state index in [2.05, 4.69) is 26.2 Å². The molecule has 6 nitrogen and oxygen atoms in total. The van der Waals surface area contributed by atoms with Gasteiger partial charge in [-0.05, 0) is 47.9 Å². The standard InChI is InChI=1S/C24H14ClFN6/c25-19-8-22-14(7-20(19)26)3-4-32(22)23-17(9-27)11-28-21-2-1-13(6-18(21)23)15-5-16-12-30-31-24(16)29-10-15/h1-2,5-8,10-12H,3-4H2,(H,29,30,31). The second-order valence-electron chi connectivity index (χ2n) is 7.69. The Hall–Kier alpha value is -4.02. The molecule has 3 aromatic heterocycles. The van der Waals surface area contributed by atoms with Crippen LogP contribution < -0.4 is 4.90 Å². The van der Waals surface area contributed by atoms with Crippen LogP contribution in [0.4, 0.5) is 15.8 Å². The van der Waals surface area contributed by atoms with Crippen molar-refractivity contribution in [3.05, 3.63) is 77.0 Å². The second-order valence-corrected chi connectivity index (χ2v) is 8.10. The van der Waals surface area contributed by atoms with Gasteiger partial charge in [-0.2, -0.15) is 10.4 Å². The maximum Gasteiger partial charge on any atom is 0.155 e. The number of H-pyrrole nitrogens is 1. The summed E-state index contributed by atoms with van der Waals surface area (Å²) in [7, 11) is 0. The zero-order valence-electron chi connectivity index (χ0n) is 16.6. The summed E-state index contributed by atoms with van der Waals surface area (Å²) in [6.07, 6.45) is 5.77. The average molecular weight is 441 g/mol. The lowest BCUT2D eigenvalue weighted by Crippen LogP contribution is -2.15. The van der Waals surface area contributed by atoms with E-state index in [9.17, 15) is 9.65 Å². The number of benzene rings is 2. The van der Waals surface area contributed by atoms with Crippen LogP contribution in [-0.4, -0.2) is 26.7 Å². The van der Waals surface area contributed by atoms with E-state index in [1.807, 2.05) is 29.2 Å². The highest BCUT2D eigenvalue weighted by Gasteiger charge is 2.26. The summed E-state index contributed by atoms with van der Waals surface area (Å²) in [5.41, 5.74) is 6.25. The number of hydrogen-bond donors (Lipinski definition) is 1. The summed E-state index contributed by atoms with van der Waals surface area (Å²) in [6.45, 7) is 0.621. The van der Waals surface area contributed by atoms with Gasteiger partial charge in [0, 0.05) is 41.0 Å². The quantitative estimate of drug-likeness (QED) is 0.390. The molecule has 5 aromatic rings. The van der Waals surface area contributed by atoms with Gasteiger partial charge >= 0.3 is 0 Å². The van der Waals surface area contributed by atoms with Crippen LogP contribution in [0.3, 0.4) is 0 Å². The molecular formula is C24H14ClFN6. The van der Waals surface area contributed by atoms with Crippen LogP contribution in [-0.2, 0) is 6.42 Å². The zero-order chi connectivity index (χ0) is 21.8. The predicted molar refractivity (Wildman–Crippen MR) is 121 cm³/mol. The van der Waals surface area contributed by atoms with Crippen LogP contribution in [0.1, 0.15) is 11.1 Å². The molecule has 0 atom stereocenters. The SMILES string of the molecule is N#Cc1cnc2ccc(-c3cnc4[nH]ncc4c3)cc2c1N1CCc2cc(F)c(Cl)cc21. The fourth-order valence-corrected chi connectivity index (χ4v) is 4.50. The lowest BCUT2D eigenvalue weighted by Gasteiger charge is -2.23. The van der Waals surface area contributed by atoms with Crippen LogP contribution >= 0.6 is 11.6 Å². The van der Waals surface area contributed by atoms with Gasteiger partial charge in [0.05, 0.1) is 28.0 Å². The summed E-state index contributed by atoms with van der Waals surface area (Å²) in [5, 5.41) is 18.5. The first kappa shape index (κ1) is 18.7. The molecule has 6 rings (SSSR count). The van der Waals surface area contributed by atoms with Crippen molar-refractivity contribution in [3.63, 3.8) is 0 Å². The van der Waals surface area contributed by atoms with Crippen molar-refractivity contribution in [2.24, 2.45) is 0 Å². The van der Waals surface area contributed by atoms with Crippen molar-refractivity contribution in [2.45, 2.75) is 6.42 Å². The first-order valence-electron chi connectivity index (χ1n) is 10.0. The molecule has 2 aromatic carbocycles. The molecule has 1 N–H and O–H groups in total. The molecule has 0 saturated carbocycles. The van der Waals surface area contributed by atoms with Gasteiger partial charge in [-0.3, -0.25) is 10.1 Å². The number of pyridine rings is 2. The molecule has 0 fully saturated rings. The summed E-state index contributed by atoms with van der Waals surface area (Å²) >= 11 is 6.09. The van der Waals surface area contributed by atoms with Crippen LogP contribution in [0.5, 0.6) is 0 Å². The number of aromatic nitrogens is 4. The highest BCUT2D eigenvalue weighted by Crippen LogP contribution is 2.42. The fourth-order valence-electron chi connectivity index (χ4n) is 4.34.